The van der Waals surface area contributed by atoms with Crippen molar-refractivity contribution in [3.05, 3.63) is 33.9 Å². The molecule has 0 bridgehead atoms. The summed E-state index contributed by atoms with van der Waals surface area (Å²) in [7, 11) is 0. The second-order valence-corrected chi connectivity index (χ2v) is 6.40. The molecule has 0 unspecified atom stereocenters. The van der Waals surface area contributed by atoms with E-state index in [9.17, 15) is 14.9 Å². The Kier molecular flexibility index (Phi) is 4.62. The number of carbonyl (C=O) groups excluding carboxylic acids is 1. The topological polar surface area (TPSA) is 75.8 Å². The highest BCUT2D eigenvalue weighted by Gasteiger charge is 2.27. The van der Waals surface area contributed by atoms with Crippen molar-refractivity contribution in [2.45, 2.75) is 20.8 Å². The van der Waals surface area contributed by atoms with Crippen molar-refractivity contribution < 1.29 is 9.72 Å². The van der Waals surface area contributed by atoms with Gasteiger partial charge in [0.2, 0.25) is 5.12 Å². The molecular formula is C14H17N3O3S. The first-order valence-electron chi connectivity index (χ1n) is 6.66. The number of nitro groups is 1. The number of amidine groups is 1. The molecule has 1 aromatic carbocycles. The molecule has 0 amide bonds. The Morgan fingerprint density at radius 3 is 2.76 bits per heavy atom. The summed E-state index contributed by atoms with van der Waals surface area (Å²) in [6, 6.07) is 4.55. The lowest BCUT2D eigenvalue weighted by Crippen LogP contribution is -2.29. The van der Waals surface area contributed by atoms with Gasteiger partial charge in [0, 0.05) is 18.7 Å². The lowest BCUT2D eigenvalue weighted by molar-refractivity contribution is -0.384. The zero-order valence-electron chi connectivity index (χ0n) is 12.2. The number of nitrogens with zero attached hydrogens (tertiary/aromatic N) is 3. The summed E-state index contributed by atoms with van der Waals surface area (Å²) in [6.45, 7) is 7.09. The highest BCUT2D eigenvalue weighted by atomic mass is 32.2. The first-order valence-corrected chi connectivity index (χ1v) is 7.48. The van der Waals surface area contributed by atoms with Gasteiger partial charge in [-0.1, -0.05) is 13.8 Å². The standard InChI is InChI=1S/C14H17N3O3S/c1-9(2)7-16-8-13(18)21-14(16)15-12-5-4-11(17(19)20)6-10(12)3/h4-6,9H,7-8H2,1-3H3/b15-14-. The number of carbonyl (C=O) groups is 1. The predicted octanol–water partition coefficient (Wildman–Crippen LogP) is 3.12. The average Bonchev–Trinajstić information content (AvgIpc) is 2.70. The minimum Gasteiger partial charge on any atom is -0.342 e. The van der Waals surface area contributed by atoms with Gasteiger partial charge in [-0.2, -0.15) is 0 Å². The summed E-state index contributed by atoms with van der Waals surface area (Å²) >= 11 is 1.13. The predicted molar refractivity (Wildman–Crippen MR) is 83.9 cm³/mol. The average molecular weight is 307 g/mol. The van der Waals surface area contributed by atoms with E-state index >= 15 is 0 Å². The van der Waals surface area contributed by atoms with Crippen molar-refractivity contribution in [2.24, 2.45) is 10.9 Å². The molecule has 0 radical (unpaired) electrons. The number of hydrogen-bond acceptors (Lipinski definition) is 5. The zero-order chi connectivity index (χ0) is 15.6. The summed E-state index contributed by atoms with van der Waals surface area (Å²) in [5.41, 5.74) is 1.43. The first kappa shape index (κ1) is 15.5. The Morgan fingerprint density at radius 1 is 1.48 bits per heavy atom. The Labute approximate surface area is 127 Å². The SMILES string of the molecule is Cc1cc([N+](=O)[O-])ccc1/N=C1\SC(=O)CN1CC(C)C. The quantitative estimate of drug-likeness (QED) is 0.631. The van der Waals surface area contributed by atoms with Crippen LogP contribution in [0.1, 0.15) is 19.4 Å². The maximum absolute atomic E-state index is 11.6. The largest absolute Gasteiger partial charge is 0.342 e. The van der Waals surface area contributed by atoms with Gasteiger partial charge in [0.05, 0.1) is 17.2 Å². The second kappa shape index (κ2) is 6.26. The number of benzene rings is 1. The van der Waals surface area contributed by atoms with Crippen molar-refractivity contribution in [2.75, 3.05) is 13.1 Å². The van der Waals surface area contributed by atoms with Crippen LogP contribution >= 0.6 is 11.8 Å². The molecule has 0 aliphatic carbocycles. The third-order valence-electron chi connectivity index (χ3n) is 2.99. The van der Waals surface area contributed by atoms with E-state index in [4.69, 9.17) is 0 Å². The molecule has 0 atom stereocenters. The van der Waals surface area contributed by atoms with Gasteiger partial charge >= 0.3 is 0 Å². The highest BCUT2D eigenvalue weighted by molar-refractivity contribution is 8.26. The molecule has 1 fully saturated rings. The van der Waals surface area contributed by atoms with Crippen LogP contribution in [0, 0.1) is 23.0 Å². The molecule has 1 saturated heterocycles. The molecule has 7 heteroatoms. The monoisotopic (exact) mass is 307 g/mol. The van der Waals surface area contributed by atoms with E-state index in [1.165, 1.54) is 12.1 Å². The van der Waals surface area contributed by atoms with Gasteiger partial charge in [-0.3, -0.25) is 14.9 Å². The Hall–Kier alpha value is -1.89. The lowest BCUT2D eigenvalue weighted by atomic mass is 10.2. The molecule has 0 N–H and O–H groups in total. The Balaban J connectivity index is 2.29. The molecule has 0 aromatic heterocycles. The highest BCUT2D eigenvalue weighted by Crippen LogP contribution is 2.28. The summed E-state index contributed by atoms with van der Waals surface area (Å²) in [5, 5.41) is 11.5. The minimum absolute atomic E-state index is 0.0469. The van der Waals surface area contributed by atoms with Crippen LogP contribution in [0.25, 0.3) is 0 Å². The molecule has 112 valence electrons. The van der Waals surface area contributed by atoms with Crippen LogP contribution in [0.3, 0.4) is 0 Å². The molecule has 1 heterocycles. The van der Waals surface area contributed by atoms with Gasteiger partial charge in [0.15, 0.2) is 5.17 Å². The second-order valence-electron chi connectivity index (χ2n) is 5.37. The number of aliphatic imine (C=N–C) groups is 1. The van der Waals surface area contributed by atoms with Gasteiger partial charge in [0.25, 0.3) is 5.69 Å². The first-order chi connectivity index (χ1) is 9.86. The van der Waals surface area contributed by atoms with Gasteiger partial charge in [-0.15, -0.1) is 0 Å². The van der Waals surface area contributed by atoms with Gasteiger partial charge in [-0.05, 0) is 36.2 Å². The molecule has 6 nitrogen and oxygen atoms in total. The van der Waals surface area contributed by atoms with E-state index in [-0.39, 0.29) is 10.8 Å². The van der Waals surface area contributed by atoms with E-state index < -0.39 is 4.92 Å². The Morgan fingerprint density at radius 2 is 2.19 bits per heavy atom. The summed E-state index contributed by atoms with van der Waals surface area (Å²) in [5.74, 6) is 0.430. The van der Waals surface area contributed by atoms with Crippen LogP contribution in [-0.4, -0.2) is 33.2 Å². The Bertz CT molecular complexity index is 613. The fraction of sp³-hybridized carbons (Fsp3) is 0.429. The van der Waals surface area contributed by atoms with Crippen LogP contribution in [0.2, 0.25) is 0 Å². The minimum atomic E-state index is -0.428. The summed E-state index contributed by atoms with van der Waals surface area (Å²) < 4.78 is 0. The fourth-order valence-electron chi connectivity index (χ4n) is 2.08. The third kappa shape index (κ3) is 3.81. The molecule has 2 rings (SSSR count). The molecule has 1 aliphatic rings. The number of rotatable bonds is 4. The maximum atomic E-state index is 11.6. The van der Waals surface area contributed by atoms with Crippen LogP contribution in [0.15, 0.2) is 23.2 Å². The maximum Gasteiger partial charge on any atom is 0.269 e. The van der Waals surface area contributed by atoms with Gasteiger partial charge in [0.1, 0.15) is 0 Å². The normalized spacial score (nSPS) is 17.0. The number of hydrogen-bond donors (Lipinski definition) is 0. The molecule has 0 spiro atoms. The smallest absolute Gasteiger partial charge is 0.269 e. The number of thioether (sulfide) groups is 1. The molecule has 1 aliphatic heterocycles. The molecular weight excluding hydrogens is 290 g/mol. The number of nitro benzene ring substituents is 1. The van der Waals surface area contributed by atoms with Gasteiger partial charge in [-0.25, -0.2) is 4.99 Å². The van der Waals surface area contributed by atoms with Crippen LogP contribution in [-0.2, 0) is 4.79 Å². The third-order valence-corrected chi connectivity index (χ3v) is 3.88. The fourth-order valence-corrected chi connectivity index (χ4v) is 2.92. The number of aryl methyl sites for hydroxylation is 1. The number of non-ortho nitro benzene ring substituents is 1. The van der Waals surface area contributed by atoms with Crippen molar-refractivity contribution in [1.82, 2.24) is 4.90 Å². The zero-order valence-corrected chi connectivity index (χ0v) is 13.0. The van der Waals surface area contributed by atoms with E-state index in [1.807, 2.05) is 4.90 Å². The molecule has 0 saturated carbocycles. The van der Waals surface area contributed by atoms with Gasteiger partial charge < -0.3 is 4.90 Å². The molecule has 21 heavy (non-hydrogen) atoms. The van der Waals surface area contributed by atoms with Crippen LogP contribution in [0.5, 0.6) is 0 Å². The van der Waals surface area contributed by atoms with E-state index in [0.717, 1.165) is 23.9 Å². The lowest BCUT2D eigenvalue weighted by Gasteiger charge is -2.19. The van der Waals surface area contributed by atoms with E-state index in [2.05, 4.69) is 18.8 Å². The summed E-state index contributed by atoms with van der Waals surface area (Å²) in [4.78, 5) is 28.4. The van der Waals surface area contributed by atoms with Crippen molar-refractivity contribution in [3.63, 3.8) is 0 Å². The van der Waals surface area contributed by atoms with E-state index in [1.54, 1.807) is 13.0 Å². The van der Waals surface area contributed by atoms with Crippen LogP contribution < -0.4 is 0 Å². The van der Waals surface area contributed by atoms with E-state index in [0.29, 0.717) is 23.3 Å². The molecule has 1 aromatic rings. The van der Waals surface area contributed by atoms with Crippen LogP contribution in [0.4, 0.5) is 11.4 Å². The van der Waals surface area contributed by atoms with Crippen molar-refractivity contribution >= 4 is 33.4 Å². The van der Waals surface area contributed by atoms with Crippen molar-refractivity contribution in [3.8, 4) is 0 Å². The summed E-state index contributed by atoms with van der Waals surface area (Å²) in [6.07, 6.45) is 0. The van der Waals surface area contributed by atoms with Crippen molar-refractivity contribution in [1.29, 1.82) is 0 Å².